The number of hydrogen-bond donors (Lipinski definition) is 1. The predicted octanol–water partition coefficient (Wildman–Crippen LogP) is 4.27. The third-order valence-corrected chi connectivity index (χ3v) is 3.96. The fourth-order valence-corrected chi connectivity index (χ4v) is 2.66. The molecular formula is C19H24O2. The van der Waals surface area contributed by atoms with Crippen molar-refractivity contribution in [3.05, 3.63) is 40.9 Å². The lowest BCUT2D eigenvalue weighted by molar-refractivity contribution is 0.233. The molecule has 0 aliphatic carbocycles. The zero-order valence-corrected chi connectivity index (χ0v) is 13.2. The fourth-order valence-electron chi connectivity index (χ4n) is 2.66. The van der Waals surface area contributed by atoms with Gasteiger partial charge in [0.05, 0.1) is 0 Å². The molecule has 1 aliphatic rings. The first kappa shape index (κ1) is 15.7. The Morgan fingerprint density at radius 1 is 1.38 bits per heavy atom. The van der Waals surface area contributed by atoms with E-state index in [1.54, 1.807) is 0 Å². The quantitative estimate of drug-likeness (QED) is 0.617. The van der Waals surface area contributed by atoms with Crippen molar-refractivity contribution >= 4 is 6.08 Å². The van der Waals surface area contributed by atoms with Gasteiger partial charge in [0.2, 0.25) is 0 Å². The van der Waals surface area contributed by atoms with Gasteiger partial charge in [-0.25, -0.2) is 0 Å². The molecule has 2 bridgehead atoms. The number of allylic oxidation sites excluding steroid dienone is 1. The van der Waals surface area contributed by atoms with Crippen molar-refractivity contribution in [2.24, 2.45) is 5.92 Å². The van der Waals surface area contributed by atoms with E-state index in [-0.39, 0.29) is 0 Å². The van der Waals surface area contributed by atoms with Crippen LogP contribution in [0.3, 0.4) is 0 Å². The van der Waals surface area contributed by atoms with Crippen molar-refractivity contribution in [3.63, 3.8) is 0 Å². The largest absolute Gasteiger partial charge is 0.461 e. The van der Waals surface area contributed by atoms with Crippen LogP contribution in [0.2, 0.25) is 0 Å². The molecule has 0 saturated heterocycles. The Bertz CT molecular complexity index is 607. The lowest BCUT2D eigenvalue weighted by atomic mass is 9.91. The maximum Gasteiger partial charge on any atom is 0.127 e. The molecule has 1 aromatic heterocycles. The van der Waals surface area contributed by atoms with E-state index in [1.807, 2.05) is 13.0 Å². The van der Waals surface area contributed by atoms with Crippen molar-refractivity contribution in [2.75, 3.05) is 0 Å². The van der Waals surface area contributed by atoms with Gasteiger partial charge in [-0.1, -0.05) is 23.6 Å². The number of aryl methyl sites for hydroxylation is 1. The minimum atomic E-state index is -0.596. The summed E-state index contributed by atoms with van der Waals surface area (Å²) in [5.74, 6) is 8.29. The Balaban J connectivity index is 2.34. The SMILES string of the molecule is C=C(C)[C@H]1CCC#C[C@@H](O)C/C(C)=C\c2cc(C)c(o2)C1. The number of furan rings is 1. The summed E-state index contributed by atoms with van der Waals surface area (Å²) in [7, 11) is 0. The molecule has 0 unspecified atom stereocenters. The summed E-state index contributed by atoms with van der Waals surface area (Å²) < 4.78 is 5.97. The predicted molar refractivity (Wildman–Crippen MR) is 86.7 cm³/mol. The molecule has 1 aliphatic heterocycles. The van der Waals surface area contributed by atoms with Crippen LogP contribution >= 0.6 is 0 Å². The molecule has 2 nitrogen and oxygen atoms in total. The van der Waals surface area contributed by atoms with Crippen LogP contribution in [0, 0.1) is 24.7 Å². The maximum absolute atomic E-state index is 9.93. The van der Waals surface area contributed by atoms with Gasteiger partial charge in [0, 0.05) is 19.3 Å². The van der Waals surface area contributed by atoms with E-state index >= 15 is 0 Å². The first-order valence-corrected chi connectivity index (χ1v) is 7.54. The minimum absolute atomic E-state index is 0.375. The van der Waals surface area contributed by atoms with E-state index in [1.165, 1.54) is 5.56 Å². The van der Waals surface area contributed by atoms with Crippen molar-refractivity contribution in [3.8, 4) is 11.8 Å². The fraction of sp³-hybridized carbons (Fsp3) is 0.474. The van der Waals surface area contributed by atoms with Crippen LogP contribution in [0.4, 0.5) is 0 Å². The van der Waals surface area contributed by atoms with Crippen LogP contribution in [0.15, 0.2) is 28.2 Å². The first-order chi connectivity index (χ1) is 9.95. The Labute approximate surface area is 127 Å². The van der Waals surface area contributed by atoms with Gasteiger partial charge in [-0.15, -0.1) is 5.92 Å². The maximum atomic E-state index is 9.93. The van der Waals surface area contributed by atoms with Crippen molar-refractivity contribution < 1.29 is 9.52 Å². The molecule has 0 amide bonds. The molecule has 21 heavy (non-hydrogen) atoms. The smallest absolute Gasteiger partial charge is 0.127 e. The molecule has 0 fully saturated rings. The van der Waals surface area contributed by atoms with E-state index in [9.17, 15) is 5.11 Å². The Kier molecular flexibility index (Phi) is 5.09. The molecule has 2 atom stereocenters. The Morgan fingerprint density at radius 3 is 2.86 bits per heavy atom. The molecule has 0 radical (unpaired) electrons. The summed E-state index contributed by atoms with van der Waals surface area (Å²) in [6.07, 6.45) is 4.57. The van der Waals surface area contributed by atoms with Crippen LogP contribution in [-0.4, -0.2) is 11.2 Å². The van der Waals surface area contributed by atoms with Crippen molar-refractivity contribution in [2.45, 2.75) is 52.6 Å². The van der Waals surface area contributed by atoms with Gasteiger partial charge in [0.25, 0.3) is 0 Å². The van der Waals surface area contributed by atoms with Crippen LogP contribution in [0.1, 0.15) is 50.2 Å². The Hall–Kier alpha value is -1.72. The van der Waals surface area contributed by atoms with E-state index in [4.69, 9.17) is 4.42 Å². The number of hydrogen-bond acceptors (Lipinski definition) is 2. The van der Waals surface area contributed by atoms with E-state index < -0.39 is 6.10 Å². The molecule has 0 aromatic carbocycles. The molecule has 0 saturated carbocycles. The highest BCUT2D eigenvalue weighted by Crippen LogP contribution is 2.26. The highest BCUT2D eigenvalue weighted by atomic mass is 16.3. The molecule has 1 N–H and O–H groups in total. The zero-order chi connectivity index (χ0) is 15.4. The second-order valence-electron chi connectivity index (χ2n) is 6.07. The number of fused-ring (bicyclic) bond motifs is 2. The summed E-state index contributed by atoms with van der Waals surface area (Å²) >= 11 is 0. The van der Waals surface area contributed by atoms with Crippen LogP contribution < -0.4 is 0 Å². The second-order valence-corrected chi connectivity index (χ2v) is 6.07. The molecule has 2 rings (SSSR count). The third kappa shape index (κ3) is 4.37. The average molecular weight is 284 g/mol. The van der Waals surface area contributed by atoms with Gasteiger partial charge in [-0.05, 0) is 50.8 Å². The lowest BCUT2D eigenvalue weighted by Gasteiger charge is -2.14. The molecule has 1 aromatic rings. The Morgan fingerprint density at radius 2 is 2.14 bits per heavy atom. The second kappa shape index (κ2) is 6.83. The first-order valence-electron chi connectivity index (χ1n) is 7.54. The van der Waals surface area contributed by atoms with Gasteiger partial charge in [0.1, 0.15) is 17.6 Å². The van der Waals surface area contributed by atoms with E-state index in [2.05, 4.69) is 38.3 Å². The molecular weight excluding hydrogens is 260 g/mol. The monoisotopic (exact) mass is 284 g/mol. The average Bonchev–Trinajstić information content (AvgIpc) is 2.72. The van der Waals surface area contributed by atoms with Gasteiger partial charge >= 0.3 is 0 Å². The minimum Gasteiger partial charge on any atom is -0.461 e. The standard InChI is InChI=1S/C19H24O2/c1-13(2)16-7-5-6-8-17(20)9-14(3)10-18-11-15(4)19(12-16)21-18/h10-11,16-17,20H,1,5,7,9,12H2,2-4H3/b14-10-/t16-,17+/m0/s1. The summed E-state index contributed by atoms with van der Waals surface area (Å²) in [4.78, 5) is 0. The van der Waals surface area contributed by atoms with Crippen LogP contribution in [0.25, 0.3) is 6.08 Å². The van der Waals surface area contributed by atoms with Crippen molar-refractivity contribution in [1.82, 2.24) is 0 Å². The van der Waals surface area contributed by atoms with E-state index in [0.717, 1.165) is 41.9 Å². The number of rotatable bonds is 1. The molecule has 0 spiro atoms. The van der Waals surface area contributed by atoms with Gasteiger partial charge in [0.15, 0.2) is 0 Å². The summed E-state index contributed by atoms with van der Waals surface area (Å²) in [5.41, 5.74) is 3.42. The lowest BCUT2D eigenvalue weighted by Crippen LogP contribution is -2.06. The summed E-state index contributed by atoms with van der Waals surface area (Å²) in [6.45, 7) is 10.2. The topological polar surface area (TPSA) is 33.4 Å². The third-order valence-electron chi connectivity index (χ3n) is 3.96. The van der Waals surface area contributed by atoms with Gasteiger partial charge < -0.3 is 9.52 Å². The van der Waals surface area contributed by atoms with Gasteiger partial charge in [-0.2, -0.15) is 0 Å². The highest BCUT2D eigenvalue weighted by molar-refractivity contribution is 5.49. The van der Waals surface area contributed by atoms with Gasteiger partial charge in [-0.3, -0.25) is 0 Å². The zero-order valence-electron chi connectivity index (χ0n) is 13.2. The normalized spacial score (nSPS) is 25.4. The molecule has 2 heterocycles. The van der Waals surface area contributed by atoms with Crippen LogP contribution in [0.5, 0.6) is 0 Å². The van der Waals surface area contributed by atoms with Crippen molar-refractivity contribution in [1.29, 1.82) is 0 Å². The summed E-state index contributed by atoms with van der Waals surface area (Å²) in [5, 5.41) is 9.93. The number of aliphatic hydroxyl groups is 1. The number of aliphatic hydroxyl groups excluding tert-OH is 1. The molecule has 112 valence electrons. The van der Waals surface area contributed by atoms with E-state index in [0.29, 0.717) is 12.3 Å². The molecule has 2 heteroatoms. The summed E-state index contributed by atoms with van der Waals surface area (Å²) in [6, 6.07) is 2.07. The van der Waals surface area contributed by atoms with Crippen LogP contribution in [-0.2, 0) is 6.42 Å². The highest BCUT2D eigenvalue weighted by Gasteiger charge is 2.16.